The summed E-state index contributed by atoms with van der Waals surface area (Å²) in [5.74, 6) is 3.09. The number of aromatic amines is 1. The second kappa shape index (κ2) is 8.07. The smallest absolute Gasteiger partial charge is 0.231 e. The van der Waals surface area contributed by atoms with Crippen molar-refractivity contribution in [3.63, 3.8) is 0 Å². The average molecular weight is 418 g/mol. The lowest BCUT2D eigenvalue weighted by atomic mass is 10.0. The second-order valence-corrected chi connectivity index (χ2v) is 7.81. The predicted octanol–water partition coefficient (Wildman–Crippen LogP) is 4.54. The molecule has 2 aromatic carbocycles. The summed E-state index contributed by atoms with van der Waals surface area (Å²) in [6, 6.07) is 12.3. The summed E-state index contributed by atoms with van der Waals surface area (Å²) < 4.78 is 16.4. The molecule has 1 aliphatic heterocycles. The third-order valence-electron chi connectivity index (χ3n) is 6.04. The third kappa shape index (κ3) is 3.45. The van der Waals surface area contributed by atoms with Crippen molar-refractivity contribution in [2.75, 3.05) is 27.3 Å². The van der Waals surface area contributed by atoms with Crippen LogP contribution in [0.25, 0.3) is 33.5 Å². The summed E-state index contributed by atoms with van der Waals surface area (Å²) in [6.07, 6.45) is 1.92. The van der Waals surface area contributed by atoms with Gasteiger partial charge in [-0.15, -0.1) is 0 Å². The minimum atomic E-state index is 0.306. The first kappa shape index (κ1) is 19.6. The van der Waals surface area contributed by atoms with E-state index in [0.29, 0.717) is 23.2 Å². The fourth-order valence-corrected chi connectivity index (χ4v) is 4.38. The number of nitrogens with one attached hydrogen (secondary N) is 2. The number of rotatable bonds is 6. The van der Waals surface area contributed by atoms with Crippen molar-refractivity contribution in [2.24, 2.45) is 0 Å². The number of fused-ring (bicyclic) bond motifs is 1. The molecule has 0 saturated carbocycles. The standard InChI is InChI=1S/C24H26N4O3/c1-4-17-18-11-15(23-27-24(31-28-23)16-9-10-25-13-16)5-7-19(18)26-22(17)14-6-8-20(29-2)21(12-14)30-3/h5-8,11-12,16,25-26H,4,9-10,13H2,1-3H3. The highest BCUT2D eigenvalue weighted by atomic mass is 16.5. The topological polar surface area (TPSA) is 85.2 Å². The lowest BCUT2D eigenvalue weighted by molar-refractivity contribution is 0.355. The van der Waals surface area contributed by atoms with Gasteiger partial charge in [-0.1, -0.05) is 12.1 Å². The van der Waals surface area contributed by atoms with Gasteiger partial charge in [0.05, 0.1) is 20.1 Å². The minimum absolute atomic E-state index is 0.306. The van der Waals surface area contributed by atoms with Crippen LogP contribution in [0.2, 0.25) is 0 Å². The summed E-state index contributed by atoms with van der Waals surface area (Å²) in [5.41, 5.74) is 5.42. The third-order valence-corrected chi connectivity index (χ3v) is 6.04. The maximum absolute atomic E-state index is 5.56. The van der Waals surface area contributed by atoms with E-state index in [9.17, 15) is 0 Å². The van der Waals surface area contributed by atoms with Gasteiger partial charge in [-0.2, -0.15) is 4.98 Å². The van der Waals surface area contributed by atoms with Gasteiger partial charge in [-0.25, -0.2) is 0 Å². The van der Waals surface area contributed by atoms with E-state index in [2.05, 4.69) is 39.5 Å². The van der Waals surface area contributed by atoms with Gasteiger partial charge >= 0.3 is 0 Å². The first-order valence-corrected chi connectivity index (χ1v) is 10.6. The van der Waals surface area contributed by atoms with Gasteiger partial charge < -0.3 is 24.3 Å². The summed E-state index contributed by atoms with van der Waals surface area (Å²) in [4.78, 5) is 8.25. The van der Waals surface area contributed by atoms with Crippen molar-refractivity contribution in [3.8, 4) is 34.1 Å². The highest BCUT2D eigenvalue weighted by molar-refractivity contribution is 5.93. The number of hydrogen-bond acceptors (Lipinski definition) is 6. The van der Waals surface area contributed by atoms with Crippen LogP contribution in [-0.4, -0.2) is 42.4 Å². The predicted molar refractivity (Wildman–Crippen MR) is 120 cm³/mol. The van der Waals surface area contributed by atoms with Crippen LogP contribution in [0.5, 0.6) is 11.5 Å². The molecule has 1 saturated heterocycles. The highest BCUT2D eigenvalue weighted by Crippen LogP contribution is 2.37. The molecule has 0 bridgehead atoms. The molecule has 7 heteroatoms. The van der Waals surface area contributed by atoms with Crippen LogP contribution in [-0.2, 0) is 6.42 Å². The normalized spacial score (nSPS) is 16.2. The van der Waals surface area contributed by atoms with E-state index < -0.39 is 0 Å². The number of H-pyrrole nitrogens is 1. The Balaban J connectivity index is 1.55. The maximum Gasteiger partial charge on any atom is 0.231 e. The number of methoxy groups -OCH3 is 2. The van der Waals surface area contributed by atoms with E-state index in [4.69, 9.17) is 14.0 Å². The van der Waals surface area contributed by atoms with Crippen LogP contribution >= 0.6 is 0 Å². The Morgan fingerprint density at radius 1 is 1.06 bits per heavy atom. The Morgan fingerprint density at radius 3 is 2.65 bits per heavy atom. The van der Waals surface area contributed by atoms with Gasteiger partial charge in [0, 0.05) is 34.3 Å². The SMILES string of the molecule is CCc1c(-c2ccc(OC)c(OC)c2)[nH]c2ccc(-c3noc(C4CCNC4)n3)cc12. The summed E-state index contributed by atoms with van der Waals surface area (Å²) in [7, 11) is 3.30. The molecular weight excluding hydrogens is 392 g/mol. The molecule has 2 aromatic heterocycles. The summed E-state index contributed by atoms with van der Waals surface area (Å²) in [6.45, 7) is 4.06. The minimum Gasteiger partial charge on any atom is -0.493 e. The molecule has 1 unspecified atom stereocenters. The molecule has 2 N–H and O–H groups in total. The molecule has 1 aliphatic rings. The van der Waals surface area contributed by atoms with Gasteiger partial charge in [0.1, 0.15) is 0 Å². The van der Waals surface area contributed by atoms with Gasteiger partial charge in [-0.05, 0) is 61.3 Å². The molecule has 1 atom stereocenters. The number of aryl methyl sites for hydroxylation is 1. The zero-order valence-corrected chi connectivity index (χ0v) is 18.0. The van der Waals surface area contributed by atoms with E-state index >= 15 is 0 Å². The molecule has 0 amide bonds. The van der Waals surface area contributed by atoms with Crippen molar-refractivity contribution in [1.82, 2.24) is 20.4 Å². The molecule has 31 heavy (non-hydrogen) atoms. The average Bonchev–Trinajstić information content (AvgIpc) is 3.57. The molecule has 5 rings (SSSR count). The van der Waals surface area contributed by atoms with Crippen LogP contribution < -0.4 is 14.8 Å². The second-order valence-electron chi connectivity index (χ2n) is 7.81. The van der Waals surface area contributed by atoms with Crippen molar-refractivity contribution >= 4 is 10.9 Å². The monoisotopic (exact) mass is 418 g/mol. The molecule has 160 valence electrons. The van der Waals surface area contributed by atoms with E-state index in [1.54, 1.807) is 14.2 Å². The van der Waals surface area contributed by atoms with Crippen molar-refractivity contribution < 1.29 is 14.0 Å². The zero-order valence-electron chi connectivity index (χ0n) is 18.0. The number of benzene rings is 2. The number of ether oxygens (including phenoxy) is 2. The van der Waals surface area contributed by atoms with Crippen LogP contribution in [0, 0.1) is 0 Å². The zero-order chi connectivity index (χ0) is 21.4. The summed E-state index contributed by atoms with van der Waals surface area (Å²) in [5, 5.41) is 8.75. The molecule has 0 spiro atoms. The van der Waals surface area contributed by atoms with Crippen molar-refractivity contribution in [1.29, 1.82) is 0 Å². The summed E-state index contributed by atoms with van der Waals surface area (Å²) >= 11 is 0. The fraction of sp³-hybridized carbons (Fsp3) is 0.333. The van der Waals surface area contributed by atoms with Crippen LogP contribution in [0.15, 0.2) is 40.9 Å². The fourth-order valence-electron chi connectivity index (χ4n) is 4.38. The van der Waals surface area contributed by atoms with Gasteiger partial charge in [0.2, 0.25) is 11.7 Å². The number of nitrogens with zero attached hydrogens (tertiary/aromatic N) is 2. The Labute approximate surface area is 180 Å². The van der Waals surface area contributed by atoms with Crippen LogP contribution in [0.1, 0.15) is 30.7 Å². The van der Waals surface area contributed by atoms with E-state index in [1.807, 2.05) is 24.3 Å². The first-order chi connectivity index (χ1) is 15.2. The molecule has 0 radical (unpaired) electrons. The molecule has 4 aromatic rings. The molecular formula is C24H26N4O3. The van der Waals surface area contributed by atoms with Crippen LogP contribution in [0.3, 0.4) is 0 Å². The van der Waals surface area contributed by atoms with Crippen molar-refractivity contribution in [3.05, 3.63) is 47.9 Å². The Hall–Kier alpha value is -3.32. The quantitative estimate of drug-likeness (QED) is 0.478. The highest BCUT2D eigenvalue weighted by Gasteiger charge is 2.23. The lowest BCUT2D eigenvalue weighted by Crippen LogP contribution is -2.08. The van der Waals surface area contributed by atoms with E-state index in [1.165, 1.54) is 10.9 Å². The lowest BCUT2D eigenvalue weighted by Gasteiger charge is -2.10. The Bertz CT molecular complexity index is 1220. The van der Waals surface area contributed by atoms with Crippen LogP contribution in [0.4, 0.5) is 0 Å². The largest absolute Gasteiger partial charge is 0.493 e. The first-order valence-electron chi connectivity index (χ1n) is 10.6. The Morgan fingerprint density at radius 2 is 1.90 bits per heavy atom. The van der Waals surface area contributed by atoms with E-state index in [-0.39, 0.29) is 0 Å². The number of aromatic nitrogens is 3. The Kier molecular flexibility index (Phi) is 5.11. The van der Waals surface area contributed by atoms with Gasteiger partial charge in [0.15, 0.2) is 11.5 Å². The molecule has 7 nitrogen and oxygen atoms in total. The number of hydrogen-bond donors (Lipinski definition) is 2. The molecule has 3 heterocycles. The van der Waals surface area contributed by atoms with Gasteiger partial charge in [0.25, 0.3) is 0 Å². The van der Waals surface area contributed by atoms with Gasteiger partial charge in [-0.3, -0.25) is 0 Å². The van der Waals surface area contributed by atoms with Crippen molar-refractivity contribution in [2.45, 2.75) is 25.7 Å². The van der Waals surface area contributed by atoms with E-state index in [0.717, 1.165) is 54.2 Å². The molecule has 1 fully saturated rings. The maximum atomic E-state index is 5.56. The molecule has 0 aliphatic carbocycles.